The number of halogens is 3. The summed E-state index contributed by atoms with van der Waals surface area (Å²) >= 11 is 13.8. The number of carboxylic acids is 1. The third-order valence-corrected chi connectivity index (χ3v) is 5.12. The Kier molecular flexibility index (Phi) is 12.9. The predicted octanol–water partition coefficient (Wildman–Crippen LogP) is 7.48. The predicted molar refractivity (Wildman–Crippen MR) is 119 cm³/mol. The monoisotopic (exact) mass is 636 g/mol. The summed E-state index contributed by atoms with van der Waals surface area (Å²) in [4.78, 5) is 10.8. The first-order chi connectivity index (χ1) is 13.9. The van der Waals surface area contributed by atoms with E-state index in [1.165, 1.54) is 19.3 Å². The topological polar surface area (TPSA) is 73.1 Å². The molecule has 0 radical (unpaired) electrons. The van der Waals surface area contributed by atoms with Gasteiger partial charge in [0.15, 0.2) is 0 Å². The van der Waals surface area contributed by atoms with E-state index >= 15 is 0 Å². The van der Waals surface area contributed by atoms with Crippen LogP contribution in [0.3, 0.4) is 0 Å². The third kappa shape index (κ3) is 9.27. The fourth-order valence-electron chi connectivity index (χ4n) is 2.92. The molecule has 29 heavy (non-hydrogen) atoms. The van der Waals surface area contributed by atoms with Crippen LogP contribution in [0, 0.1) is 12.8 Å². The van der Waals surface area contributed by atoms with Crippen molar-refractivity contribution in [1.82, 2.24) is 0 Å². The molecule has 2 unspecified atom stereocenters. The fourth-order valence-corrected chi connectivity index (χ4v) is 3.41. The van der Waals surface area contributed by atoms with Gasteiger partial charge in [-0.3, -0.25) is 4.79 Å². The molecule has 0 aromatic heterocycles. The Morgan fingerprint density at radius 2 is 1.69 bits per heavy atom. The normalized spacial score (nSPS) is 17.9. The van der Waals surface area contributed by atoms with Crippen molar-refractivity contribution in [3.63, 3.8) is 0 Å². The van der Waals surface area contributed by atoms with E-state index in [2.05, 4.69) is 21.7 Å². The Hall–Kier alpha value is -0.772. The van der Waals surface area contributed by atoms with E-state index in [-0.39, 0.29) is 12.5 Å². The summed E-state index contributed by atoms with van der Waals surface area (Å²) < 4.78 is 0. The van der Waals surface area contributed by atoms with E-state index in [1.807, 2.05) is 6.07 Å². The van der Waals surface area contributed by atoms with Gasteiger partial charge in [0.1, 0.15) is 0 Å². The van der Waals surface area contributed by atoms with Crippen LogP contribution in [0.15, 0.2) is 42.5 Å². The number of benzene rings is 2. The molecule has 1 saturated carbocycles. The Bertz CT molecular complexity index is 747. The van der Waals surface area contributed by atoms with Crippen molar-refractivity contribution < 1.29 is 28.7 Å². The molecule has 3 rings (SSSR count). The molecule has 2 atom stereocenters. The molecule has 1 aliphatic rings. The first-order valence-electron chi connectivity index (χ1n) is 9.05. The van der Waals surface area contributed by atoms with Gasteiger partial charge in [-0.15, -0.1) is 0 Å². The number of carbonyl (C=O) groups is 1. The maximum atomic E-state index is 10.8. The number of rotatable bonds is 4. The number of aliphatic carboxylic acids is 1. The van der Waals surface area contributed by atoms with Gasteiger partial charge < -0.3 is 23.1 Å². The molecule has 2 aromatic carbocycles. The zero-order valence-corrected chi connectivity index (χ0v) is 20.3. The van der Waals surface area contributed by atoms with Crippen LogP contribution in [0.2, 0.25) is 10.0 Å². The molecule has 0 spiro atoms. The van der Waals surface area contributed by atoms with Crippen molar-refractivity contribution in [2.45, 2.75) is 38.1 Å². The molecule has 0 bridgehead atoms. The first kappa shape index (κ1) is 26.3. The van der Waals surface area contributed by atoms with Crippen LogP contribution in [0.25, 0.3) is 5.73 Å². The van der Waals surface area contributed by atoms with Crippen LogP contribution >= 0.6 is 32.6 Å². The molecular formula is C21H24Cl3N2O2Pt-2. The van der Waals surface area contributed by atoms with E-state index in [0.29, 0.717) is 32.9 Å². The van der Waals surface area contributed by atoms with Crippen molar-refractivity contribution in [2.24, 2.45) is 5.92 Å². The molecule has 1 aliphatic carbocycles. The minimum absolute atomic E-state index is 0.0642. The van der Waals surface area contributed by atoms with E-state index in [1.54, 1.807) is 55.2 Å². The van der Waals surface area contributed by atoms with Crippen LogP contribution in [-0.2, 0) is 30.0 Å². The van der Waals surface area contributed by atoms with Crippen molar-refractivity contribution >= 4 is 50.0 Å². The number of anilines is 2. The fraction of sp³-hybridized carbons (Fsp3) is 0.333. The van der Waals surface area contributed by atoms with Gasteiger partial charge in [-0.2, -0.15) is 12.0 Å². The van der Waals surface area contributed by atoms with Gasteiger partial charge in [-0.05, 0) is 23.8 Å². The molecule has 4 nitrogen and oxygen atoms in total. The molecule has 0 heterocycles. The van der Waals surface area contributed by atoms with Crippen molar-refractivity contribution in [1.29, 1.82) is 0 Å². The molecule has 1 fully saturated rings. The van der Waals surface area contributed by atoms with Crippen LogP contribution in [-0.4, -0.2) is 17.1 Å². The first-order valence-corrected chi connectivity index (χ1v) is 12.6. The average Bonchev–Trinajstić information content (AvgIpc) is 2.70. The zero-order chi connectivity index (χ0) is 21.8. The van der Waals surface area contributed by atoms with E-state index in [0.717, 1.165) is 6.42 Å². The zero-order valence-electron chi connectivity index (χ0n) is 15.7. The van der Waals surface area contributed by atoms with Crippen molar-refractivity contribution in [3.05, 3.63) is 70.7 Å². The van der Waals surface area contributed by atoms with Crippen LogP contribution in [0.1, 0.15) is 31.2 Å². The van der Waals surface area contributed by atoms with E-state index in [9.17, 15) is 4.79 Å². The standard InChI is InChI=1S/C14H11Cl2NO2.C7H13N.ClH.Pt/c15-10-5-3-6-11(16)14(10)17-12-7-2-1-4-9(12)8-13(18)19;1-6-4-2-3-5-7(6)8;;/h1-7,17H,8H2,(H,18,19);6-8H,1-5H2;1H;/q;-2;;+1/p-1. The number of nitrogens with one attached hydrogen (secondary N) is 2. The van der Waals surface area contributed by atoms with Gasteiger partial charge in [-0.25, -0.2) is 0 Å². The van der Waals surface area contributed by atoms with Gasteiger partial charge in [0.2, 0.25) is 0 Å². The molecule has 0 saturated heterocycles. The Balaban J connectivity index is 0.000000351. The summed E-state index contributed by atoms with van der Waals surface area (Å²) in [7, 11) is 4.61. The van der Waals surface area contributed by atoms with Crippen LogP contribution in [0.5, 0.6) is 0 Å². The molecule has 0 amide bonds. The molecule has 2 aromatic rings. The number of carboxylic acid groups (broad SMARTS) is 1. The minimum atomic E-state index is -0.889. The third-order valence-electron chi connectivity index (χ3n) is 4.49. The van der Waals surface area contributed by atoms with Gasteiger partial charge in [-0.1, -0.05) is 73.2 Å². The van der Waals surface area contributed by atoms with Crippen LogP contribution < -0.4 is 5.32 Å². The summed E-state index contributed by atoms with van der Waals surface area (Å²) in [6.45, 7) is 3.89. The molecule has 8 heteroatoms. The summed E-state index contributed by atoms with van der Waals surface area (Å²) in [5.74, 6) is -0.469. The SMILES string of the molecule is O=C(O)Cc1ccccc1Nc1c(Cl)cccc1Cl.[CH2-]C1CCCCC1[NH-].[Cl][Pt]. The van der Waals surface area contributed by atoms with Gasteiger partial charge >= 0.3 is 34.2 Å². The van der Waals surface area contributed by atoms with Crippen LogP contribution in [0.4, 0.5) is 11.4 Å². The summed E-state index contributed by atoms with van der Waals surface area (Å²) in [5.41, 5.74) is 9.34. The van der Waals surface area contributed by atoms with E-state index in [4.69, 9.17) is 34.0 Å². The van der Waals surface area contributed by atoms with Gasteiger partial charge in [0, 0.05) is 5.69 Å². The maximum absolute atomic E-state index is 10.8. The summed E-state index contributed by atoms with van der Waals surface area (Å²) in [5, 5.41) is 12.9. The Morgan fingerprint density at radius 1 is 1.10 bits per heavy atom. The second-order valence-electron chi connectivity index (χ2n) is 6.60. The Morgan fingerprint density at radius 3 is 2.21 bits per heavy atom. The second kappa shape index (κ2) is 14.3. The van der Waals surface area contributed by atoms with Crippen molar-refractivity contribution in [2.75, 3.05) is 5.32 Å². The molecular weight excluding hydrogens is 614 g/mol. The summed E-state index contributed by atoms with van der Waals surface area (Å²) in [6.07, 6.45) is 4.73. The average molecular weight is 638 g/mol. The Labute approximate surface area is 197 Å². The van der Waals surface area contributed by atoms with Gasteiger partial charge in [0.05, 0.1) is 22.2 Å². The number of hydrogen-bond acceptors (Lipinski definition) is 2. The molecule has 3 N–H and O–H groups in total. The van der Waals surface area contributed by atoms with Crippen molar-refractivity contribution in [3.8, 4) is 0 Å². The molecule has 163 valence electrons. The number of para-hydroxylation sites is 2. The molecule has 0 aliphatic heterocycles. The second-order valence-corrected chi connectivity index (χ2v) is 7.41. The summed E-state index contributed by atoms with van der Waals surface area (Å²) in [6, 6.07) is 12.5. The number of hydrogen-bond donors (Lipinski definition) is 2. The van der Waals surface area contributed by atoms with E-state index < -0.39 is 5.97 Å². The van der Waals surface area contributed by atoms with Gasteiger partial charge in [0.25, 0.3) is 0 Å². The quantitative estimate of drug-likeness (QED) is 0.342.